The maximum Gasteiger partial charge on any atom is 0.299 e. The highest BCUT2D eigenvalue weighted by atomic mass is 16.5. The number of benzene rings is 7. The molecule has 0 amide bonds. The van der Waals surface area contributed by atoms with E-state index in [1.54, 1.807) is 0 Å². The Kier molecular flexibility index (Phi) is 10.8. The summed E-state index contributed by atoms with van der Waals surface area (Å²) in [7, 11) is 6.19. The van der Waals surface area contributed by atoms with E-state index in [9.17, 15) is 0 Å². The molecular weight excluding hydrogens is 795 g/mol. The van der Waals surface area contributed by atoms with Gasteiger partial charge in [0.25, 0.3) is 5.82 Å². The maximum absolute atomic E-state index is 7.09. The minimum atomic E-state index is -0.849. The van der Waals surface area contributed by atoms with E-state index in [1.807, 2.05) is 7.11 Å². The van der Waals surface area contributed by atoms with Gasteiger partial charge in [-0.15, -0.1) is 0 Å². The smallest absolute Gasteiger partial charge is 0.299 e. The van der Waals surface area contributed by atoms with E-state index in [-0.39, 0.29) is 11.8 Å². The summed E-state index contributed by atoms with van der Waals surface area (Å²) in [5.74, 6) is 1.56. The molecule has 10 rings (SSSR count). The van der Waals surface area contributed by atoms with Crippen molar-refractivity contribution in [3.63, 3.8) is 0 Å². The van der Waals surface area contributed by atoms with E-state index < -0.39 is 5.60 Å². The number of fused-ring (bicyclic) bond motifs is 4. The van der Waals surface area contributed by atoms with Crippen molar-refractivity contribution in [1.82, 2.24) is 4.57 Å². The Labute approximate surface area is 382 Å². The average molecular weight is 852 g/mol. The van der Waals surface area contributed by atoms with Crippen LogP contribution in [0.1, 0.15) is 73.0 Å². The summed E-state index contributed by atoms with van der Waals surface area (Å²) in [5.41, 5.74) is 17.4. The Hall–Kier alpha value is -7.08. The van der Waals surface area contributed by atoms with Crippen LogP contribution in [0.15, 0.2) is 180 Å². The maximum atomic E-state index is 7.09. The Morgan fingerprint density at radius 1 is 0.615 bits per heavy atom. The monoisotopic (exact) mass is 851 g/mol. The van der Waals surface area contributed by atoms with E-state index in [0.717, 1.165) is 61.2 Å². The SMILES string of the molecule is COC(Cc1cc2c(oc3ccccc32)c(-c2n(-c3c(C(C)C)cc(-c4ccccc4)cc3C(C)C)c3ccccc3[n+]2C)c1C)(c1ccc(-c2ccccc2)cc1)c1cccc[n+]1C. The molecule has 0 radical (unpaired) electrons. The van der Waals surface area contributed by atoms with Gasteiger partial charge in [0.15, 0.2) is 28.4 Å². The predicted molar refractivity (Wildman–Crippen MR) is 267 cm³/mol. The largest absolute Gasteiger partial charge is 0.455 e. The van der Waals surface area contributed by atoms with Crippen LogP contribution in [0.3, 0.4) is 0 Å². The number of furan rings is 1. The lowest BCUT2D eigenvalue weighted by atomic mass is 9.80. The highest BCUT2D eigenvalue weighted by molar-refractivity contribution is 6.10. The van der Waals surface area contributed by atoms with Gasteiger partial charge in [0.2, 0.25) is 5.69 Å². The van der Waals surface area contributed by atoms with Crippen molar-refractivity contribution in [3.05, 3.63) is 210 Å². The number of ether oxygens (including phenoxy) is 1. The molecule has 0 N–H and O–H groups in total. The number of para-hydroxylation sites is 3. The van der Waals surface area contributed by atoms with Crippen molar-refractivity contribution in [1.29, 1.82) is 0 Å². The fraction of sp³-hybridized carbons (Fsp3) is 0.200. The third kappa shape index (κ3) is 7.06. The number of aromatic nitrogens is 3. The van der Waals surface area contributed by atoms with Crippen LogP contribution in [0, 0.1) is 6.92 Å². The number of rotatable bonds is 11. The van der Waals surface area contributed by atoms with Crippen molar-refractivity contribution < 1.29 is 18.3 Å². The summed E-state index contributed by atoms with van der Waals surface area (Å²) >= 11 is 0. The molecular formula is C60H57N3O2+2. The summed E-state index contributed by atoms with van der Waals surface area (Å²) < 4.78 is 21.2. The van der Waals surface area contributed by atoms with Gasteiger partial charge >= 0.3 is 0 Å². The van der Waals surface area contributed by atoms with Crippen molar-refractivity contribution in [2.45, 2.75) is 58.5 Å². The van der Waals surface area contributed by atoms with Crippen molar-refractivity contribution in [3.8, 4) is 39.3 Å². The zero-order chi connectivity index (χ0) is 45.0. The highest BCUT2D eigenvalue weighted by Gasteiger charge is 2.43. The number of methoxy groups -OCH3 is 1. The summed E-state index contributed by atoms with van der Waals surface area (Å²) in [4.78, 5) is 0. The molecule has 65 heavy (non-hydrogen) atoms. The zero-order valence-corrected chi connectivity index (χ0v) is 38.8. The predicted octanol–water partition coefficient (Wildman–Crippen LogP) is 13.9. The molecule has 0 aliphatic carbocycles. The second kappa shape index (κ2) is 16.8. The van der Waals surface area contributed by atoms with Crippen LogP contribution < -0.4 is 9.13 Å². The van der Waals surface area contributed by atoms with Crippen LogP contribution in [0.2, 0.25) is 0 Å². The number of hydrogen-bond donors (Lipinski definition) is 0. The second-order valence-corrected chi connectivity index (χ2v) is 18.2. The van der Waals surface area contributed by atoms with Crippen LogP contribution in [0.5, 0.6) is 0 Å². The normalized spacial score (nSPS) is 12.8. The van der Waals surface area contributed by atoms with Crippen molar-refractivity contribution in [2.75, 3.05) is 7.11 Å². The first-order valence-electron chi connectivity index (χ1n) is 22.9. The summed E-state index contributed by atoms with van der Waals surface area (Å²) in [6.07, 6.45) is 2.69. The Balaban J connectivity index is 1.29. The average Bonchev–Trinajstić information content (AvgIpc) is 3.85. The number of imidazole rings is 1. The minimum Gasteiger partial charge on any atom is -0.455 e. The molecule has 0 bridgehead atoms. The summed E-state index contributed by atoms with van der Waals surface area (Å²) in [6, 6.07) is 61.3. The lowest BCUT2D eigenvalue weighted by Gasteiger charge is -2.32. The molecule has 1 unspecified atom stereocenters. The van der Waals surface area contributed by atoms with E-state index in [0.29, 0.717) is 6.42 Å². The molecule has 0 aliphatic heterocycles. The molecule has 0 aliphatic rings. The molecule has 0 saturated heterocycles. The second-order valence-electron chi connectivity index (χ2n) is 18.2. The van der Waals surface area contributed by atoms with Gasteiger partial charge in [0, 0.05) is 47.6 Å². The van der Waals surface area contributed by atoms with Crippen molar-refractivity contribution in [2.24, 2.45) is 14.1 Å². The van der Waals surface area contributed by atoms with Crippen LogP contribution in [-0.4, -0.2) is 11.7 Å². The Bertz CT molecular complexity index is 3330. The van der Waals surface area contributed by atoms with E-state index >= 15 is 0 Å². The molecule has 3 heterocycles. The number of hydrogen-bond acceptors (Lipinski definition) is 2. The lowest BCUT2D eigenvalue weighted by molar-refractivity contribution is -0.685. The first-order valence-corrected chi connectivity index (χ1v) is 22.9. The summed E-state index contributed by atoms with van der Waals surface area (Å²) in [6.45, 7) is 11.6. The number of nitrogens with zero attached hydrogens (tertiary/aromatic N) is 3. The highest BCUT2D eigenvalue weighted by Crippen LogP contribution is 2.46. The van der Waals surface area contributed by atoms with Crippen molar-refractivity contribution >= 4 is 33.0 Å². The van der Waals surface area contributed by atoms with Crippen LogP contribution >= 0.6 is 0 Å². The fourth-order valence-electron chi connectivity index (χ4n) is 10.3. The van der Waals surface area contributed by atoms with Crippen LogP contribution in [-0.2, 0) is 30.9 Å². The van der Waals surface area contributed by atoms with Gasteiger partial charge in [-0.05, 0) is 100 Å². The molecule has 3 aromatic heterocycles. The van der Waals surface area contributed by atoms with E-state index in [2.05, 4.69) is 238 Å². The molecule has 0 spiro atoms. The third-order valence-corrected chi connectivity index (χ3v) is 13.7. The Morgan fingerprint density at radius 3 is 1.85 bits per heavy atom. The molecule has 1 atom stereocenters. The molecule has 0 fully saturated rings. The van der Waals surface area contributed by atoms with Gasteiger partial charge < -0.3 is 9.15 Å². The standard InChI is InChI=1S/C60H57N3O2/c1-39(2)49-35-45(43-23-13-10-14-24-43)36-50(40(3)4)57(49)63-53-27-17-16-26-52(53)62(7)59(63)56-41(5)46(37-51-48-25-15-18-28-54(48)65-58(51)56)38-60(64-8,55-29-19-20-34-61(55)6)47-32-30-44(31-33-47)42-21-11-9-12-22-42/h9-37,39-40H,38H2,1-8H3/q+2. The van der Waals surface area contributed by atoms with Gasteiger partial charge in [-0.1, -0.05) is 143 Å². The van der Waals surface area contributed by atoms with Gasteiger partial charge in [-0.3, -0.25) is 0 Å². The molecule has 0 saturated carbocycles. The number of aryl methyl sites for hydroxylation is 2. The minimum absolute atomic E-state index is 0.242. The fourth-order valence-corrected chi connectivity index (χ4v) is 10.3. The molecule has 10 aromatic rings. The van der Waals surface area contributed by atoms with Gasteiger partial charge in [0.05, 0.1) is 7.05 Å². The van der Waals surface area contributed by atoms with Gasteiger partial charge in [-0.25, -0.2) is 9.13 Å². The van der Waals surface area contributed by atoms with Crippen LogP contribution in [0.25, 0.3) is 72.3 Å². The quantitative estimate of drug-likeness (QED) is 0.122. The van der Waals surface area contributed by atoms with E-state index in [1.165, 1.54) is 44.6 Å². The summed E-state index contributed by atoms with van der Waals surface area (Å²) in [5, 5.41) is 2.18. The molecule has 7 aromatic carbocycles. The molecule has 322 valence electrons. The molecule has 5 nitrogen and oxygen atoms in total. The number of pyridine rings is 1. The third-order valence-electron chi connectivity index (χ3n) is 13.7. The van der Waals surface area contributed by atoms with Gasteiger partial charge in [0.1, 0.15) is 23.9 Å². The van der Waals surface area contributed by atoms with Gasteiger partial charge in [-0.2, -0.15) is 4.57 Å². The van der Waals surface area contributed by atoms with E-state index in [4.69, 9.17) is 9.15 Å². The topological polar surface area (TPSA) is 35.1 Å². The van der Waals surface area contributed by atoms with Crippen LogP contribution in [0.4, 0.5) is 0 Å². The Morgan fingerprint density at radius 2 is 1.20 bits per heavy atom. The molecule has 5 heteroatoms. The first-order chi connectivity index (χ1) is 31.6. The lowest BCUT2D eigenvalue weighted by Crippen LogP contribution is -2.46. The first kappa shape index (κ1) is 41.9. The zero-order valence-electron chi connectivity index (χ0n) is 38.8.